The third-order valence-corrected chi connectivity index (χ3v) is 3.66. The smallest absolute Gasteiger partial charge is 0.0390 e. The first kappa shape index (κ1) is 8.03. The minimum atomic E-state index is 0.887. The molecule has 0 nitrogen and oxygen atoms in total. The molecule has 3 unspecified atom stereocenters. The van der Waals surface area contributed by atoms with Gasteiger partial charge in [-0.3, -0.25) is 0 Å². The van der Waals surface area contributed by atoms with E-state index in [0.29, 0.717) is 0 Å². The molecule has 0 amide bonds. The van der Waals surface area contributed by atoms with Crippen LogP contribution < -0.4 is 0 Å². The van der Waals surface area contributed by atoms with E-state index in [1.807, 2.05) is 0 Å². The third-order valence-electron chi connectivity index (χ3n) is 0.808. The molecule has 0 saturated heterocycles. The van der Waals surface area contributed by atoms with Crippen LogP contribution >= 0.6 is 26.4 Å². The predicted octanol–water partition coefficient (Wildman–Crippen LogP) is 2.58. The molecule has 0 aliphatic rings. The molecule has 42 valence electrons. The largest absolute Gasteiger partial charge is 0.110 e. The molecule has 0 fully saturated rings. The highest BCUT2D eigenvalue weighted by molar-refractivity contribution is 8.05. The van der Waals surface area contributed by atoms with Gasteiger partial charge in [0.1, 0.15) is 0 Å². The van der Waals surface area contributed by atoms with Gasteiger partial charge in [-0.25, -0.2) is 0 Å². The van der Waals surface area contributed by atoms with Crippen LogP contribution in [0.1, 0.15) is 13.8 Å². The maximum Gasteiger partial charge on any atom is -0.0390 e. The van der Waals surface area contributed by atoms with Crippen LogP contribution in [0, 0.1) is 0 Å². The van der Waals surface area contributed by atoms with Crippen molar-refractivity contribution in [3.63, 3.8) is 0 Å². The van der Waals surface area contributed by atoms with Crippen LogP contribution in [0.5, 0.6) is 0 Å². The highest BCUT2D eigenvalue weighted by atomic mass is 32.0. The summed E-state index contributed by atoms with van der Waals surface area (Å²) in [5, 5.41) is 2.84. The van der Waals surface area contributed by atoms with E-state index in [1.165, 1.54) is 10.6 Å². The monoisotopic (exact) mass is 152 g/mol. The van der Waals surface area contributed by atoms with Crippen molar-refractivity contribution in [3.8, 4) is 0 Å². The average Bonchev–Trinajstić information content (AvgIpc) is 1.65. The quantitative estimate of drug-likeness (QED) is 0.506. The SMILES string of the molecule is CC(P)=C(C)PP. The Hall–Kier alpha value is 1.03. The molecule has 0 aromatic rings. The molecular weight excluding hydrogens is 141 g/mol. The van der Waals surface area contributed by atoms with Gasteiger partial charge in [-0.15, -0.1) is 18.2 Å². The first-order valence-electron chi connectivity index (χ1n) is 2.08. The van der Waals surface area contributed by atoms with Crippen LogP contribution in [0.3, 0.4) is 0 Å². The van der Waals surface area contributed by atoms with E-state index in [-0.39, 0.29) is 0 Å². The van der Waals surface area contributed by atoms with E-state index < -0.39 is 0 Å². The van der Waals surface area contributed by atoms with Crippen molar-refractivity contribution in [1.82, 2.24) is 0 Å². The van der Waals surface area contributed by atoms with E-state index >= 15 is 0 Å². The number of hydrogen-bond donors (Lipinski definition) is 0. The van der Waals surface area contributed by atoms with Crippen molar-refractivity contribution in [2.75, 3.05) is 0 Å². The molecule has 0 heterocycles. The zero-order valence-corrected chi connectivity index (χ0v) is 7.96. The molecule has 0 N–H and O–H groups in total. The van der Waals surface area contributed by atoms with Crippen LogP contribution in [0.15, 0.2) is 10.6 Å². The van der Waals surface area contributed by atoms with E-state index in [0.717, 1.165) is 8.27 Å². The zero-order chi connectivity index (χ0) is 5.86. The fourth-order valence-corrected chi connectivity index (χ4v) is 1.77. The molecule has 7 heavy (non-hydrogen) atoms. The zero-order valence-electron chi connectivity index (χ0n) is 4.65. The first-order chi connectivity index (χ1) is 3.18. The summed E-state index contributed by atoms with van der Waals surface area (Å²) in [4.78, 5) is 0. The molecule has 0 aliphatic heterocycles. The van der Waals surface area contributed by atoms with Gasteiger partial charge in [0.05, 0.1) is 0 Å². The summed E-state index contributed by atoms with van der Waals surface area (Å²) < 4.78 is 0. The van der Waals surface area contributed by atoms with Crippen LogP contribution in [0.4, 0.5) is 0 Å². The maximum atomic E-state index is 2.72. The second-order valence-electron chi connectivity index (χ2n) is 1.45. The Balaban J connectivity index is 3.72. The van der Waals surface area contributed by atoms with E-state index in [9.17, 15) is 0 Å². The summed E-state index contributed by atoms with van der Waals surface area (Å²) in [7, 11) is 6.30. The molecule has 0 aliphatic carbocycles. The van der Waals surface area contributed by atoms with Gasteiger partial charge < -0.3 is 0 Å². The highest BCUT2D eigenvalue weighted by Gasteiger charge is 1.83. The van der Waals surface area contributed by atoms with Crippen LogP contribution in [-0.2, 0) is 0 Å². The van der Waals surface area contributed by atoms with Crippen molar-refractivity contribution in [3.05, 3.63) is 10.6 Å². The Morgan fingerprint density at radius 1 is 1.43 bits per heavy atom. The molecule has 0 aromatic carbocycles. The first-order valence-corrected chi connectivity index (χ1v) is 5.46. The van der Waals surface area contributed by atoms with Gasteiger partial charge in [-0.05, 0) is 19.2 Å². The lowest BCUT2D eigenvalue weighted by atomic mass is 10.6. The summed E-state index contributed by atoms with van der Waals surface area (Å²) in [5.41, 5.74) is 0. The number of rotatable bonds is 1. The van der Waals surface area contributed by atoms with E-state index in [2.05, 4.69) is 32.0 Å². The van der Waals surface area contributed by atoms with Gasteiger partial charge in [0, 0.05) is 0 Å². The lowest BCUT2D eigenvalue weighted by Gasteiger charge is -1.94. The standard InChI is InChI=1S/C4H11P3/c1-3(5)4(2)7-6/h7H,5-6H2,1-2H3. The van der Waals surface area contributed by atoms with Gasteiger partial charge >= 0.3 is 0 Å². The fourth-order valence-electron chi connectivity index (χ4n) is 0.114. The lowest BCUT2D eigenvalue weighted by Crippen LogP contribution is -1.58. The summed E-state index contributed by atoms with van der Waals surface area (Å²) in [5.74, 6) is 0. The van der Waals surface area contributed by atoms with Crippen LogP contribution in [-0.4, -0.2) is 0 Å². The van der Waals surface area contributed by atoms with Gasteiger partial charge in [0.25, 0.3) is 0 Å². The Morgan fingerprint density at radius 3 is 1.86 bits per heavy atom. The summed E-state index contributed by atoms with van der Waals surface area (Å²) in [6.07, 6.45) is 0. The molecule has 0 saturated carbocycles. The van der Waals surface area contributed by atoms with Crippen LogP contribution in [0.2, 0.25) is 0 Å². The molecule has 0 bridgehead atoms. The van der Waals surface area contributed by atoms with E-state index in [4.69, 9.17) is 0 Å². The third kappa shape index (κ3) is 3.60. The lowest BCUT2D eigenvalue weighted by molar-refractivity contribution is 1.56. The molecule has 0 rings (SSSR count). The minimum absolute atomic E-state index is 0.887. The molecule has 0 aromatic heterocycles. The van der Waals surface area contributed by atoms with Crippen molar-refractivity contribution in [1.29, 1.82) is 0 Å². The molecule has 3 atom stereocenters. The molecular formula is C4H11P3. The Kier molecular flexibility index (Phi) is 4.55. The molecule has 0 spiro atoms. The summed E-state index contributed by atoms with van der Waals surface area (Å²) in [6.45, 7) is 4.25. The number of hydrogen-bond acceptors (Lipinski definition) is 0. The van der Waals surface area contributed by atoms with Gasteiger partial charge in [0.2, 0.25) is 0 Å². The van der Waals surface area contributed by atoms with Crippen LogP contribution in [0.25, 0.3) is 0 Å². The van der Waals surface area contributed by atoms with Gasteiger partial charge in [-0.2, -0.15) is 0 Å². The average molecular weight is 152 g/mol. The van der Waals surface area contributed by atoms with Crippen molar-refractivity contribution >= 4 is 26.4 Å². The maximum absolute atomic E-state index is 2.72. The number of allylic oxidation sites excluding steroid dienone is 2. The second-order valence-corrected chi connectivity index (χ2v) is 4.22. The van der Waals surface area contributed by atoms with Gasteiger partial charge in [0.15, 0.2) is 0 Å². The molecule has 3 heteroatoms. The Bertz CT molecular complexity index is 80.9. The topological polar surface area (TPSA) is 0 Å². The normalized spacial score (nSPS) is 15.4. The highest BCUT2D eigenvalue weighted by Crippen LogP contribution is 2.34. The van der Waals surface area contributed by atoms with Crippen molar-refractivity contribution in [2.45, 2.75) is 13.8 Å². The Morgan fingerprint density at radius 2 is 1.86 bits per heavy atom. The fraction of sp³-hybridized carbons (Fsp3) is 0.500. The minimum Gasteiger partial charge on any atom is -0.110 e. The van der Waals surface area contributed by atoms with Gasteiger partial charge in [-0.1, -0.05) is 13.6 Å². The van der Waals surface area contributed by atoms with Crippen molar-refractivity contribution < 1.29 is 0 Å². The Labute approximate surface area is 51.6 Å². The van der Waals surface area contributed by atoms with E-state index in [1.54, 1.807) is 0 Å². The van der Waals surface area contributed by atoms with Crippen molar-refractivity contribution in [2.24, 2.45) is 0 Å². The molecule has 0 radical (unpaired) electrons. The predicted molar refractivity (Wildman–Crippen MR) is 46.1 cm³/mol. The summed E-state index contributed by atoms with van der Waals surface area (Å²) in [6, 6.07) is 0. The second kappa shape index (κ2) is 3.96. The summed E-state index contributed by atoms with van der Waals surface area (Å²) >= 11 is 0.